The van der Waals surface area contributed by atoms with Crippen molar-refractivity contribution in [2.24, 2.45) is 4.99 Å². The Hall–Kier alpha value is -1.81. The Labute approximate surface area is 127 Å². The second-order valence-corrected chi connectivity index (χ2v) is 5.17. The predicted octanol–water partition coefficient (Wildman–Crippen LogP) is 4.17. The summed E-state index contributed by atoms with van der Waals surface area (Å²) in [5.74, 6) is 1.07. The van der Waals surface area contributed by atoms with Crippen LogP contribution in [0.5, 0.6) is 11.5 Å². The van der Waals surface area contributed by atoms with E-state index in [1.165, 1.54) is 0 Å². The molecule has 0 amide bonds. The van der Waals surface area contributed by atoms with Crippen LogP contribution in [0.15, 0.2) is 51.9 Å². The van der Waals surface area contributed by atoms with Gasteiger partial charge in [0.05, 0.1) is 13.2 Å². The van der Waals surface area contributed by atoms with E-state index in [1.807, 2.05) is 37.3 Å². The fourth-order valence-electron chi connectivity index (χ4n) is 1.78. The van der Waals surface area contributed by atoms with Crippen molar-refractivity contribution in [3.63, 3.8) is 0 Å². The van der Waals surface area contributed by atoms with E-state index in [1.54, 1.807) is 18.3 Å². The van der Waals surface area contributed by atoms with Crippen molar-refractivity contribution in [2.75, 3.05) is 6.61 Å². The summed E-state index contributed by atoms with van der Waals surface area (Å²) in [6.07, 6.45) is 1.67. The van der Waals surface area contributed by atoms with Crippen LogP contribution >= 0.6 is 15.9 Å². The fraction of sp³-hybridized carbons (Fsp3) is 0.188. The number of nitrogens with zero attached hydrogens (tertiary/aromatic N) is 1. The Morgan fingerprint density at radius 2 is 2.10 bits per heavy atom. The van der Waals surface area contributed by atoms with Gasteiger partial charge in [0.25, 0.3) is 0 Å². The molecule has 0 spiro atoms. The number of ether oxygens (including phenoxy) is 1. The third-order valence-electron chi connectivity index (χ3n) is 2.70. The molecule has 2 aromatic rings. The lowest BCUT2D eigenvalue weighted by Crippen LogP contribution is -1.92. The Morgan fingerprint density at radius 1 is 1.25 bits per heavy atom. The van der Waals surface area contributed by atoms with Crippen LogP contribution in [-0.2, 0) is 6.54 Å². The average Bonchev–Trinajstić information content (AvgIpc) is 2.43. The lowest BCUT2D eigenvalue weighted by atomic mass is 10.2. The molecule has 20 heavy (non-hydrogen) atoms. The van der Waals surface area contributed by atoms with Gasteiger partial charge in [0.2, 0.25) is 0 Å². The highest BCUT2D eigenvalue weighted by molar-refractivity contribution is 9.10. The van der Waals surface area contributed by atoms with Crippen LogP contribution in [0.2, 0.25) is 0 Å². The molecule has 0 atom stereocenters. The maximum absolute atomic E-state index is 9.71. The van der Waals surface area contributed by atoms with E-state index in [0.717, 1.165) is 15.8 Å². The Kier molecular flexibility index (Phi) is 5.18. The lowest BCUT2D eigenvalue weighted by Gasteiger charge is -2.04. The molecule has 0 aliphatic carbocycles. The zero-order chi connectivity index (χ0) is 14.4. The summed E-state index contributed by atoms with van der Waals surface area (Å²) >= 11 is 3.37. The normalized spacial score (nSPS) is 10.9. The van der Waals surface area contributed by atoms with Gasteiger partial charge in [-0.05, 0) is 42.8 Å². The Bertz CT molecular complexity index is 611. The van der Waals surface area contributed by atoms with Crippen LogP contribution in [0.25, 0.3) is 0 Å². The van der Waals surface area contributed by atoms with Crippen molar-refractivity contribution in [1.29, 1.82) is 0 Å². The monoisotopic (exact) mass is 333 g/mol. The molecule has 104 valence electrons. The van der Waals surface area contributed by atoms with Crippen LogP contribution in [0.3, 0.4) is 0 Å². The number of hydrogen-bond donors (Lipinski definition) is 1. The topological polar surface area (TPSA) is 41.8 Å². The van der Waals surface area contributed by atoms with Gasteiger partial charge in [-0.15, -0.1) is 0 Å². The number of aliphatic imine (C=N–C) groups is 1. The second-order valence-electron chi connectivity index (χ2n) is 4.25. The Balaban J connectivity index is 2.06. The SMILES string of the molecule is CCOc1cccc(CN=Cc2cc(Br)ccc2O)c1. The van der Waals surface area contributed by atoms with Crippen molar-refractivity contribution in [2.45, 2.75) is 13.5 Å². The highest BCUT2D eigenvalue weighted by atomic mass is 79.9. The minimum atomic E-state index is 0.222. The smallest absolute Gasteiger partial charge is 0.124 e. The fourth-order valence-corrected chi connectivity index (χ4v) is 2.16. The zero-order valence-corrected chi connectivity index (χ0v) is 12.8. The van der Waals surface area contributed by atoms with Gasteiger partial charge in [-0.25, -0.2) is 0 Å². The summed E-state index contributed by atoms with van der Waals surface area (Å²) in [6, 6.07) is 13.1. The number of phenols is 1. The van der Waals surface area contributed by atoms with E-state index in [9.17, 15) is 5.11 Å². The third kappa shape index (κ3) is 4.10. The molecule has 0 bridgehead atoms. The number of rotatable bonds is 5. The van der Waals surface area contributed by atoms with E-state index >= 15 is 0 Å². The summed E-state index contributed by atoms with van der Waals surface area (Å²) in [7, 11) is 0. The minimum absolute atomic E-state index is 0.222. The molecule has 0 aliphatic rings. The summed E-state index contributed by atoms with van der Waals surface area (Å²) in [6.45, 7) is 3.16. The molecule has 0 heterocycles. The van der Waals surface area contributed by atoms with Gasteiger partial charge in [0.1, 0.15) is 11.5 Å². The first kappa shape index (κ1) is 14.6. The molecule has 2 aromatic carbocycles. The molecule has 0 radical (unpaired) electrons. The van der Waals surface area contributed by atoms with E-state index in [-0.39, 0.29) is 5.75 Å². The highest BCUT2D eigenvalue weighted by Crippen LogP contribution is 2.20. The molecule has 4 heteroatoms. The number of phenolic OH excluding ortho intramolecular Hbond substituents is 1. The molecule has 0 aliphatic heterocycles. The maximum Gasteiger partial charge on any atom is 0.124 e. The Morgan fingerprint density at radius 3 is 2.90 bits per heavy atom. The van der Waals surface area contributed by atoms with Gasteiger partial charge in [-0.3, -0.25) is 4.99 Å². The summed E-state index contributed by atoms with van der Waals surface area (Å²) < 4.78 is 6.36. The van der Waals surface area contributed by atoms with Crippen LogP contribution in [0.4, 0.5) is 0 Å². The molecule has 1 N–H and O–H groups in total. The van der Waals surface area contributed by atoms with E-state index in [2.05, 4.69) is 20.9 Å². The molecule has 3 nitrogen and oxygen atoms in total. The molecule has 0 aromatic heterocycles. The van der Waals surface area contributed by atoms with Crippen molar-refractivity contribution < 1.29 is 9.84 Å². The van der Waals surface area contributed by atoms with Gasteiger partial charge in [-0.1, -0.05) is 28.1 Å². The number of benzene rings is 2. The zero-order valence-electron chi connectivity index (χ0n) is 11.2. The van der Waals surface area contributed by atoms with E-state index < -0.39 is 0 Å². The van der Waals surface area contributed by atoms with Crippen LogP contribution in [0, 0.1) is 0 Å². The van der Waals surface area contributed by atoms with Crippen LogP contribution in [-0.4, -0.2) is 17.9 Å². The molecular formula is C16H16BrNO2. The molecule has 0 fully saturated rings. The number of hydrogen-bond acceptors (Lipinski definition) is 3. The maximum atomic E-state index is 9.71. The quantitative estimate of drug-likeness (QED) is 0.834. The first-order valence-corrected chi connectivity index (χ1v) is 7.18. The van der Waals surface area contributed by atoms with E-state index in [4.69, 9.17) is 4.74 Å². The second kappa shape index (κ2) is 7.10. The molecule has 0 saturated heterocycles. The summed E-state index contributed by atoms with van der Waals surface area (Å²) in [5, 5.41) is 9.71. The number of halogens is 1. The first-order chi connectivity index (χ1) is 9.69. The van der Waals surface area contributed by atoms with E-state index in [0.29, 0.717) is 18.7 Å². The number of aromatic hydroxyl groups is 1. The molecule has 2 rings (SSSR count). The predicted molar refractivity (Wildman–Crippen MR) is 84.7 cm³/mol. The van der Waals surface area contributed by atoms with Gasteiger partial charge < -0.3 is 9.84 Å². The first-order valence-electron chi connectivity index (χ1n) is 6.39. The van der Waals surface area contributed by atoms with Crippen molar-refractivity contribution >= 4 is 22.1 Å². The molecule has 0 saturated carbocycles. The lowest BCUT2D eigenvalue weighted by molar-refractivity contribution is 0.340. The van der Waals surface area contributed by atoms with Gasteiger partial charge in [0, 0.05) is 16.3 Å². The standard InChI is InChI=1S/C16H16BrNO2/c1-2-20-15-5-3-4-12(8-15)10-18-11-13-9-14(17)6-7-16(13)19/h3-9,11,19H,2,10H2,1H3. The van der Waals surface area contributed by atoms with Crippen molar-refractivity contribution in [3.8, 4) is 11.5 Å². The highest BCUT2D eigenvalue weighted by Gasteiger charge is 1.99. The summed E-state index contributed by atoms with van der Waals surface area (Å²) in [4.78, 5) is 4.35. The van der Waals surface area contributed by atoms with Gasteiger partial charge >= 0.3 is 0 Å². The molecular weight excluding hydrogens is 318 g/mol. The van der Waals surface area contributed by atoms with Crippen LogP contribution < -0.4 is 4.74 Å². The van der Waals surface area contributed by atoms with Gasteiger partial charge in [-0.2, -0.15) is 0 Å². The largest absolute Gasteiger partial charge is 0.507 e. The van der Waals surface area contributed by atoms with Crippen molar-refractivity contribution in [1.82, 2.24) is 0 Å². The van der Waals surface area contributed by atoms with Crippen LogP contribution in [0.1, 0.15) is 18.1 Å². The average molecular weight is 334 g/mol. The van der Waals surface area contributed by atoms with Crippen molar-refractivity contribution in [3.05, 3.63) is 58.1 Å². The molecule has 0 unspecified atom stereocenters. The summed E-state index contributed by atoms with van der Waals surface area (Å²) in [5.41, 5.74) is 1.77. The van der Waals surface area contributed by atoms with Gasteiger partial charge in [0.15, 0.2) is 0 Å². The third-order valence-corrected chi connectivity index (χ3v) is 3.20. The minimum Gasteiger partial charge on any atom is -0.507 e.